The molecule has 0 N–H and O–H groups in total. The van der Waals surface area contributed by atoms with E-state index in [1.54, 1.807) is 20.2 Å². The van der Waals surface area contributed by atoms with Crippen molar-refractivity contribution in [2.75, 3.05) is 46.8 Å². The van der Waals surface area contributed by atoms with Gasteiger partial charge in [-0.15, -0.1) is 0 Å². The second-order valence-electron chi connectivity index (χ2n) is 5.53. The molecule has 1 aromatic carbocycles. The minimum absolute atomic E-state index is 0.530. The molecule has 8 heteroatoms. The number of hydrogen-bond acceptors (Lipinski definition) is 3. The van der Waals surface area contributed by atoms with Crippen molar-refractivity contribution in [3.05, 3.63) is 33.8 Å². The number of hydrogen-bond donors (Lipinski definition) is 0. The first-order valence-corrected chi connectivity index (χ1v) is 9.30. The van der Waals surface area contributed by atoms with E-state index in [0.717, 1.165) is 31.6 Å². The number of piperazine rings is 1. The second kappa shape index (κ2) is 7.47. The molecule has 22 heavy (non-hydrogen) atoms. The summed E-state index contributed by atoms with van der Waals surface area (Å²) in [6, 6.07) is 5.67. The van der Waals surface area contributed by atoms with Crippen LogP contribution in [-0.2, 0) is 16.6 Å². The van der Waals surface area contributed by atoms with Crippen LogP contribution in [0.5, 0.6) is 0 Å². The summed E-state index contributed by atoms with van der Waals surface area (Å²) in [5.41, 5.74) is 1.14. The molecule has 0 unspecified atom stereocenters. The van der Waals surface area contributed by atoms with E-state index in [0.29, 0.717) is 23.1 Å². The Kier molecular flexibility index (Phi) is 6.10. The Morgan fingerprint density at radius 2 is 1.73 bits per heavy atom. The SMILES string of the molecule is CN(C)S(=O)(=O)N1CCN(CCc2ccc(Cl)c(Cl)c2)CC1. The Bertz CT molecular complexity index is 615. The predicted octanol–water partition coefficient (Wildman–Crippen LogP) is 1.96. The van der Waals surface area contributed by atoms with Crippen molar-refractivity contribution in [1.82, 2.24) is 13.5 Å². The fourth-order valence-corrected chi connectivity index (χ4v) is 3.80. The molecular formula is C14H21Cl2N3O2S. The van der Waals surface area contributed by atoms with Crippen molar-refractivity contribution < 1.29 is 8.42 Å². The third kappa shape index (κ3) is 4.34. The Morgan fingerprint density at radius 3 is 2.27 bits per heavy atom. The van der Waals surface area contributed by atoms with Crippen LogP contribution in [0, 0.1) is 0 Å². The van der Waals surface area contributed by atoms with Gasteiger partial charge in [0.05, 0.1) is 10.0 Å². The van der Waals surface area contributed by atoms with E-state index in [9.17, 15) is 8.42 Å². The van der Waals surface area contributed by atoms with Gasteiger partial charge in [-0.1, -0.05) is 29.3 Å². The summed E-state index contributed by atoms with van der Waals surface area (Å²) in [6.45, 7) is 3.43. The van der Waals surface area contributed by atoms with E-state index >= 15 is 0 Å². The molecule has 1 fully saturated rings. The van der Waals surface area contributed by atoms with Crippen LogP contribution in [0.25, 0.3) is 0 Å². The molecule has 1 heterocycles. The molecule has 1 saturated heterocycles. The molecule has 1 aliphatic heterocycles. The van der Waals surface area contributed by atoms with Crippen molar-refractivity contribution in [3.63, 3.8) is 0 Å². The summed E-state index contributed by atoms with van der Waals surface area (Å²) >= 11 is 11.9. The number of rotatable bonds is 5. The molecule has 0 amide bonds. The second-order valence-corrected chi connectivity index (χ2v) is 8.49. The number of benzene rings is 1. The highest BCUT2D eigenvalue weighted by Crippen LogP contribution is 2.23. The maximum absolute atomic E-state index is 12.0. The minimum atomic E-state index is -3.29. The van der Waals surface area contributed by atoms with Gasteiger partial charge in [0, 0.05) is 46.8 Å². The minimum Gasteiger partial charge on any atom is -0.300 e. The Balaban J connectivity index is 1.84. The zero-order valence-electron chi connectivity index (χ0n) is 12.8. The number of nitrogens with zero attached hydrogens (tertiary/aromatic N) is 3. The lowest BCUT2D eigenvalue weighted by Gasteiger charge is -2.35. The first kappa shape index (κ1) is 18.0. The van der Waals surface area contributed by atoms with E-state index < -0.39 is 10.2 Å². The average Bonchev–Trinajstić information content (AvgIpc) is 2.49. The van der Waals surface area contributed by atoms with Crippen molar-refractivity contribution >= 4 is 33.4 Å². The molecule has 1 aromatic rings. The van der Waals surface area contributed by atoms with Gasteiger partial charge >= 0.3 is 0 Å². The molecule has 2 rings (SSSR count). The van der Waals surface area contributed by atoms with Crippen LogP contribution in [0.15, 0.2) is 18.2 Å². The fraction of sp³-hybridized carbons (Fsp3) is 0.571. The molecule has 0 bridgehead atoms. The van der Waals surface area contributed by atoms with E-state index in [1.165, 1.54) is 8.61 Å². The highest BCUT2D eigenvalue weighted by molar-refractivity contribution is 7.86. The van der Waals surface area contributed by atoms with Gasteiger partial charge in [0.25, 0.3) is 10.2 Å². The third-order valence-corrected chi connectivity index (χ3v) is 6.50. The molecule has 124 valence electrons. The fourth-order valence-electron chi connectivity index (χ4n) is 2.40. The van der Waals surface area contributed by atoms with Gasteiger partial charge in [-0.2, -0.15) is 17.0 Å². The average molecular weight is 366 g/mol. The summed E-state index contributed by atoms with van der Waals surface area (Å²) in [6.07, 6.45) is 0.872. The van der Waals surface area contributed by atoms with Crippen LogP contribution in [0.4, 0.5) is 0 Å². The van der Waals surface area contributed by atoms with Crippen LogP contribution in [0.3, 0.4) is 0 Å². The standard InChI is InChI=1S/C14H21Cl2N3O2S/c1-17(2)22(20,21)19-9-7-18(8-10-19)6-5-12-3-4-13(15)14(16)11-12/h3-4,11H,5-10H2,1-2H3. The van der Waals surface area contributed by atoms with Gasteiger partial charge in [-0.25, -0.2) is 0 Å². The summed E-state index contributed by atoms with van der Waals surface area (Å²) in [5, 5.41) is 1.13. The normalized spacial score (nSPS) is 18.0. The molecule has 0 atom stereocenters. The van der Waals surface area contributed by atoms with E-state index in [4.69, 9.17) is 23.2 Å². The highest BCUT2D eigenvalue weighted by Gasteiger charge is 2.28. The molecule has 0 spiro atoms. The van der Waals surface area contributed by atoms with Crippen molar-refractivity contribution in [3.8, 4) is 0 Å². The lowest BCUT2D eigenvalue weighted by Crippen LogP contribution is -2.51. The largest absolute Gasteiger partial charge is 0.300 e. The molecule has 0 radical (unpaired) electrons. The molecular weight excluding hydrogens is 345 g/mol. The summed E-state index contributed by atoms with van der Waals surface area (Å²) in [7, 11) is -0.170. The Morgan fingerprint density at radius 1 is 1.09 bits per heavy atom. The van der Waals surface area contributed by atoms with Crippen LogP contribution < -0.4 is 0 Å². The van der Waals surface area contributed by atoms with E-state index in [-0.39, 0.29) is 0 Å². The van der Waals surface area contributed by atoms with Crippen LogP contribution >= 0.6 is 23.2 Å². The van der Waals surface area contributed by atoms with Gasteiger partial charge in [0.15, 0.2) is 0 Å². The summed E-state index contributed by atoms with van der Waals surface area (Å²) in [5.74, 6) is 0. The quantitative estimate of drug-likeness (QED) is 0.800. The molecule has 0 saturated carbocycles. The van der Waals surface area contributed by atoms with E-state index in [1.807, 2.05) is 12.1 Å². The van der Waals surface area contributed by atoms with Gasteiger partial charge < -0.3 is 4.90 Å². The zero-order chi connectivity index (χ0) is 16.3. The Hall–Kier alpha value is -0.370. The van der Waals surface area contributed by atoms with Gasteiger partial charge in [-0.3, -0.25) is 0 Å². The smallest absolute Gasteiger partial charge is 0.281 e. The Labute approximate surface area is 142 Å². The van der Waals surface area contributed by atoms with Crippen LogP contribution in [0.2, 0.25) is 10.0 Å². The van der Waals surface area contributed by atoms with Gasteiger partial charge in [0.2, 0.25) is 0 Å². The van der Waals surface area contributed by atoms with Crippen LogP contribution in [0.1, 0.15) is 5.56 Å². The molecule has 1 aliphatic rings. The first-order chi connectivity index (χ1) is 10.3. The van der Waals surface area contributed by atoms with Crippen molar-refractivity contribution in [1.29, 1.82) is 0 Å². The topological polar surface area (TPSA) is 43.9 Å². The lowest BCUT2D eigenvalue weighted by molar-refractivity contribution is 0.185. The van der Waals surface area contributed by atoms with Crippen LogP contribution in [-0.4, -0.2) is 68.7 Å². The highest BCUT2D eigenvalue weighted by atomic mass is 35.5. The number of halogens is 2. The summed E-state index contributed by atoms with van der Waals surface area (Å²) in [4.78, 5) is 2.27. The van der Waals surface area contributed by atoms with E-state index in [2.05, 4.69) is 4.90 Å². The third-order valence-electron chi connectivity index (χ3n) is 3.82. The molecule has 0 aromatic heterocycles. The van der Waals surface area contributed by atoms with Crippen molar-refractivity contribution in [2.24, 2.45) is 0 Å². The maximum atomic E-state index is 12.0. The molecule has 5 nitrogen and oxygen atoms in total. The van der Waals surface area contributed by atoms with Crippen molar-refractivity contribution in [2.45, 2.75) is 6.42 Å². The monoisotopic (exact) mass is 365 g/mol. The predicted molar refractivity (Wildman–Crippen MR) is 90.8 cm³/mol. The summed E-state index contributed by atoms with van der Waals surface area (Å²) < 4.78 is 26.9. The lowest BCUT2D eigenvalue weighted by atomic mass is 10.1. The van der Waals surface area contributed by atoms with Gasteiger partial charge in [0.1, 0.15) is 0 Å². The molecule has 0 aliphatic carbocycles. The first-order valence-electron chi connectivity index (χ1n) is 7.14. The van der Waals surface area contributed by atoms with Gasteiger partial charge in [-0.05, 0) is 24.1 Å². The maximum Gasteiger partial charge on any atom is 0.281 e. The zero-order valence-corrected chi connectivity index (χ0v) is 15.1.